The molecule has 0 amide bonds. The van der Waals surface area contributed by atoms with Gasteiger partial charge in [0.15, 0.2) is 0 Å². The minimum atomic E-state index is -2.41. The second-order valence-electron chi connectivity index (χ2n) is 7.16. The summed E-state index contributed by atoms with van der Waals surface area (Å²) >= 11 is 2.31. The van der Waals surface area contributed by atoms with Gasteiger partial charge in [0.1, 0.15) is 11.9 Å². The van der Waals surface area contributed by atoms with Crippen LogP contribution in [0.4, 0.5) is 0 Å². The van der Waals surface area contributed by atoms with E-state index in [1.165, 1.54) is 3.57 Å². The molecule has 8 nitrogen and oxygen atoms in total. The Bertz CT molecular complexity index is 659. The van der Waals surface area contributed by atoms with E-state index in [1.807, 2.05) is 0 Å². The number of likely N-dealkylation sites (tertiary alicyclic amines) is 1. The van der Waals surface area contributed by atoms with Crippen LogP contribution in [0.1, 0.15) is 47.5 Å². The van der Waals surface area contributed by atoms with E-state index in [2.05, 4.69) is 79.6 Å². The zero-order valence-corrected chi connectivity index (χ0v) is 23.3. The van der Waals surface area contributed by atoms with Crippen molar-refractivity contribution in [2.24, 2.45) is 0 Å². The Balaban J connectivity index is 0.000000586. The fourth-order valence-corrected chi connectivity index (χ4v) is 3.16. The number of carbonyl (C=O) groups is 3. The largest absolute Gasteiger partial charge is 1.00 e. The number of nitrogens with zero attached hydrogens (tertiary/aromatic N) is 1. The molecule has 11 heteroatoms. The van der Waals surface area contributed by atoms with Crippen molar-refractivity contribution < 1.29 is 62.6 Å². The van der Waals surface area contributed by atoms with Gasteiger partial charge >= 0.3 is 36.9 Å². The van der Waals surface area contributed by atoms with Crippen LogP contribution in [0.3, 0.4) is 0 Å². The summed E-state index contributed by atoms with van der Waals surface area (Å²) in [7, 11) is -2.41. The molecule has 1 aliphatic rings. The molecule has 0 N–H and O–H groups in total. The SMILES string of the molecule is CC(=O)O[BH-](OC(C)=O)OC(C)=O.CC(C)N1CCC(Oc2ccc(I)cc2)CC1.[Na+]. The van der Waals surface area contributed by atoms with E-state index in [1.54, 1.807) is 0 Å². The summed E-state index contributed by atoms with van der Waals surface area (Å²) < 4.78 is 20.6. The zero-order valence-electron chi connectivity index (χ0n) is 19.2. The Morgan fingerprint density at radius 3 is 1.71 bits per heavy atom. The van der Waals surface area contributed by atoms with Crippen molar-refractivity contribution in [3.63, 3.8) is 0 Å². The Morgan fingerprint density at radius 1 is 0.935 bits per heavy atom. The molecular weight excluding hydrogens is 527 g/mol. The van der Waals surface area contributed by atoms with Gasteiger partial charge < -0.3 is 23.6 Å². The second-order valence-corrected chi connectivity index (χ2v) is 8.41. The molecule has 1 aliphatic heterocycles. The van der Waals surface area contributed by atoms with E-state index >= 15 is 0 Å². The van der Waals surface area contributed by atoms with Crippen LogP contribution in [-0.4, -0.2) is 55.4 Å². The smallest absolute Gasteiger partial charge is 0.625 e. The normalized spacial score (nSPS) is 14.1. The number of carbonyl (C=O) groups excluding carboxylic acids is 3. The molecule has 0 atom stereocenters. The molecule has 31 heavy (non-hydrogen) atoms. The minimum Gasteiger partial charge on any atom is -0.625 e. The molecule has 2 rings (SSSR count). The molecular formula is C20H30BINNaO7. The van der Waals surface area contributed by atoms with E-state index in [0.717, 1.165) is 52.5 Å². The van der Waals surface area contributed by atoms with E-state index in [-0.39, 0.29) is 29.6 Å². The molecule has 0 unspecified atom stereocenters. The Labute approximate surface area is 220 Å². The van der Waals surface area contributed by atoms with Gasteiger partial charge in [-0.3, -0.25) is 14.4 Å². The average Bonchev–Trinajstić information content (AvgIpc) is 2.63. The fourth-order valence-electron chi connectivity index (χ4n) is 2.80. The van der Waals surface area contributed by atoms with Gasteiger partial charge in [0.25, 0.3) is 17.9 Å². The van der Waals surface area contributed by atoms with Crippen LogP contribution in [0, 0.1) is 3.57 Å². The number of piperidine rings is 1. The number of rotatable bonds is 6. The first kappa shape index (κ1) is 30.2. The van der Waals surface area contributed by atoms with Crippen molar-refractivity contribution >= 4 is 47.8 Å². The average molecular weight is 557 g/mol. The Hall–Kier alpha value is -0.815. The summed E-state index contributed by atoms with van der Waals surface area (Å²) in [4.78, 5) is 33.8. The predicted octanol–water partition coefficient (Wildman–Crippen LogP) is -0.0603. The van der Waals surface area contributed by atoms with Gasteiger partial charge in [-0.25, -0.2) is 0 Å². The molecule has 1 aromatic carbocycles. The molecule has 168 valence electrons. The van der Waals surface area contributed by atoms with Gasteiger partial charge in [-0.15, -0.1) is 0 Å². The van der Waals surface area contributed by atoms with Crippen LogP contribution in [-0.2, 0) is 28.3 Å². The molecule has 0 spiro atoms. The molecule has 0 aromatic heterocycles. The summed E-state index contributed by atoms with van der Waals surface area (Å²) in [5.41, 5.74) is 0. The fraction of sp³-hybridized carbons (Fsp3) is 0.550. The van der Waals surface area contributed by atoms with Crippen molar-refractivity contribution in [3.05, 3.63) is 27.8 Å². The van der Waals surface area contributed by atoms with Crippen molar-refractivity contribution in [2.45, 2.75) is 59.6 Å². The maximum absolute atomic E-state index is 10.4. The first-order chi connectivity index (χ1) is 14.1. The van der Waals surface area contributed by atoms with Crippen molar-refractivity contribution in [1.29, 1.82) is 0 Å². The van der Waals surface area contributed by atoms with E-state index in [9.17, 15) is 14.4 Å². The van der Waals surface area contributed by atoms with Crippen LogP contribution in [0.25, 0.3) is 0 Å². The number of halogens is 1. The van der Waals surface area contributed by atoms with Crippen molar-refractivity contribution in [2.75, 3.05) is 13.1 Å². The van der Waals surface area contributed by atoms with Crippen LogP contribution >= 0.6 is 22.6 Å². The maximum Gasteiger partial charge on any atom is 1.00 e. The van der Waals surface area contributed by atoms with Crippen LogP contribution in [0.5, 0.6) is 5.75 Å². The molecule has 1 heterocycles. The first-order valence-corrected chi connectivity index (χ1v) is 11.0. The summed E-state index contributed by atoms with van der Waals surface area (Å²) in [6.07, 6.45) is 2.68. The third-order valence-electron chi connectivity index (χ3n) is 4.29. The second kappa shape index (κ2) is 15.9. The topological polar surface area (TPSA) is 91.4 Å². The van der Waals surface area contributed by atoms with Gasteiger partial charge in [-0.2, -0.15) is 0 Å². The molecule has 0 radical (unpaired) electrons. The molecule has 1 aromatic rings. The monoisotopic (exact) mass is 557 g/mol. The van der Waals surface area contributed by atoms with Gasteiger partial charge in [-0.1, -0.05) is 0 Å². The quantitative estimate of drug-likeness (QED) is 0.355. The summed E-state index contributed by atoms with van der Waals surface area (Å²) in [6, 6.07) is 8.99. The molecule has 0 bridgehead atoms. The van der Waals surface area contributed by atoms with Crippen LogP contribution < -0.4 is 34.3 Å². The predicted molar refractivity (Wildman–Crippen MR) is 122 cm³/mol. The number of hydrogen-bond donors (Lipinski definition) is 0. The van der Waals surface area contributed by atoms with E-state index in [0.29, 0.717) is 12.1 Å². The molecule has 1 saturated heterocycles. The first-order valence-electron chi connectivity index (χ1n) is 9.90. The Morgan fingerprint density at radius 2 is 1.35 bits per heavy atom. The van der Waals surface area contributed by atoms with Crippen molar-refractivity contribution in [3.8, 4) is 5.75 Å². The number of benzene rings is 1. The third-order valence-corrected chi connectivity index (χ3v) is 5.01. The number of ether oxygens (including phenoxy) is 1. The van der Waals surface area contributed by atoms with E-state index in [4.69, 9.17) is 4.74 Å². The van der Waals surface area contributed by atoms with Gasteiger partial charge in [0.05, 0.1) is 0 Å². The minimum absolute atomic E-state index is 0. The van der Waals surface area contributed by atoms with Gasteiger partial charge in [-0.05, 0) is 73.5 Å². The van der Waals surface area contributed by atoms with E-state index < -0.39 is 25.2 Å². The number of hydrogen-bond acceptors (Lipinski definition) is 8. The van der Waals surface area contributed by atoms with Gasteiger partial charge in [0.2, 0.25) is 0 Å². The Kier molecular flexibility index (Phi) is 15.5. The molecule has 1 fully saturated rings. The summed E-state index contributed by atoms with van der Waals surface area (Å²) in [6.45, 7) is 10.2. The summed E-state index contributed by atoms with van der Waals surface area (Å²) in [5, 5.41) is 0. The van der Waals surface area contributed by atoms with Gasteiger partial charge in [0, 0.05) is 43.5 Å². The zero-order chi connectivity index (χ0) is 22.7. The van der Waals surface area contributed by atoms with Crippen molar-refractivity contribution in [1.82, 2.24) is 4.90 Å². The molecule has 0 aliphatic carbocycles. The summed E-state index contributed by atoms with van der Waals surface area (Å²) in [5.74, 6) is -1.03. The maximum atomic E-state index is 10.4. The third kappa shape index (κ3) is 14.0. The van der Waals surface area contributed by atoms with Crippen LogP contribution in [0.15, 0.2) is 24.3 Å². The standard InChI is InChI=1S/C14H20INO.C6H10BO6.Na/c1-11(2)16-9-7-14(8-10-16)17-13-5-3-12(15)4-6-13;1-4(8)11-7(12-5(2)9)13-6(3)10;/h3-6,11,14H,7-10H2,1-2H3;7H,1-3H3;/q;-1;+1. The van der Waals surface area contributed by atoms with Crippen LogP contribution in [0.2, 0.25) is 0 Å². The molecule has 0 saturated carbocycles.